The maximum Gasteiger partial charge on any atom is 0.300 e. The van der Waals surface area contributed by atoms with Crippen LogP contribution in [0.5, 0.6) is 0 Å². The molecule has 0 fully saturated rings. The number of carboxylic acid groups (broad SMARTS) is 1. The Morgan fingerprint density at radius 2 is 1.43 bits per heavy atom. The molecule has 0 radical (unpaired) electrons. The van der Waals surface area contributed by atoms with Gasteiger partial charge in [0.05, 0.1) is 0 Å². The first-order chi connectivity index (χ1) is 6.15. The van der Waals surface area contributed by atoms with Gasteiger partial charge in [-0.3, -0.25) is 4.79 Å². The summed E-state index contributed by atoms with van der Waals surface area (Å²) >= 11 is 0. The first-order valence-electron chi connectivity index (χ1n) is 4.92. The molecule has 0 aromatic carbocycles. The molecule has 0 amide bonds. The molecule has 0 aromatic rings. The van der Waals surface area contributed by atoms with Crippen molar-refractivity contribution in [2.45, 2.75) is 46.5 Å². The molecule has 0 saturated carbocycles. The van der Waals surface area contributed by atoms with Gasteiger partial charge >= 0.3 is 0 Å². The monoisotopic (exact) mass is 296 g/mol. The Kier molecular flexibility index (Phi) is 26.4. The molecule has 0 atom stereocenters. The molecule has 0 spiro atoms. The third kappa shape index (κ3) is 40.1. The van der Waals surface area contributed by atoms with Gasteiger partial charge in [-0.25, -0.2) is 0 Å². The zero-order chi connectivity index (χ0) is 10.5. The van der Waals surface area contributed by atoms with Crippen LogP contribution in [0, 0.1) is 0 Å². The molecule has 0 unspecified atom stereocenters. The van der Waals surface area contributed by atoms with Crippen LogP contribution in [-0.4, -0.2) is 24.3 Å². The minimum Gasteiger partial charge on any atom is -0.481 e. The Labute approximate surface area is 101 Å². The van der Waals surface area contributed by atoms with Crippen LogP contribution in [-0.2, 0) is 30.0 Å². The number of carbonyl (C=O) groups is 1. The number of carboxylic acids is 1. The average Bonchev–Trinajstić information content (AvgIpc) is 2.03. The second-order valence-corrected chi connectivity index (χ2v) is 2.84. The van der Waals surface area contributed by atoms with Gasteiger partial charge < -0.3 is 9.84 Å². The fraction of sp³-hybridized carbons (Fsp3) is 0.900. The van der Waals surface area contributed by atoms with Gasteiger partial charge in [-0.2, -0.15) is 0 Å². The van der Waals surface area contributed by atoms with Crippen LogP contribution in [0.15, 0.2) is 0 Å². The molecular weight excluding hydrogens is 275 g/mol. The normalized spacial score (nSPS) is 8.21. The van der Waals surface area contributed by atoms with Crippen LogP contribution >= 0.6 is 0 Å². The topological polar surface area (TPSA) is 46.5 Å². The first-order valence-corrected chi connectivity index (χ1v) is 4.92. The number of rotatable bonds is 6. The van der Waals surface area contributed by atoms with Gasteiger partial charge in [0.15, 0.2) is 0 Å². The molecule has 90 valence electrons. The molecule has 0 aliphatic rings. The second kappa shape index (κ2) is 18.8. The quantitative estimate of drug-likeness (QED) is 0.605. The van der Waals surface area contributed by atoms with Crippen LogP contribution in [0.3, 0.4) is 0 Å². The van der Waals surface area contributed by atoms with E-state index in [9.17, 15) is 0 Å². The largest absolute Gasteiger partial charge is 0.481 e. The molecule has 14 heavy (non-hydrogen) atoms. The van der Waals surface area contributed by atoms with Gasteiger partial charge in [-0.15, -0.1) is 0 Å². The summed E-state index contributed by atoms with van der Waals surface area (Å²) in [5.74, 6) is -0.833. The summed E-state index contributed by atoms with van der Waals surface area (Å²) in [5.41, 5.74) is 0. The van der Waals surface area contributed by atoms with E-state index in [-0.39, 0.29) is 20.4 Å². The van der Waals surface area contributed by atoms with Gasteiger partial charge in [0.2, 0.25) is 0 Å². The summed E-state index contributed by atoms with van der Waals surface area (Å²) in [7, 11) is 0. The third-order valence-electron chi connectivity index (χ3n) is 1.28. The van der Waals surface area contributed by atoms with Crippen LogP contribution in [0.4, 0.5) is 0 Å². The number of unbranched alkanes of at least 4 members (excludes halogenated alkanes) is 2. The van der Waals surface area contributed by atoms with E-state index in [1.54, 1.807) is 0 Å². The van der Waals surface area contributed by atoms with Crippen molar-refractivity contribution in [3.8, 4) is 0 Å². The Morgan fingerprint density at radius 1 is 1.14 bits per heavy atom. The third-order valence-corrected chi connectivity index (χ3v) is 1.28. The first kappa shape index (κ1) is 19.6. The Hall–Kier alpha value is 0.0923. The standard InChI is InChI=1S/C8H18O.C2H4O2.Pd/c1-3-5-7-9-8-6-4-2;1-2(3)4;/h3-8H2,1-2H3;1H3,(H,3,4);. The summed E-state index contributed by atoms with van der Waals surface area (Å²) in [6, 6.07) is 0. The van der Waals surface area contributed by atoms with Crippen LogP contribution in [0.25, 0.3) is 0 Å². The summed E-state index contributed by atoms with van der Waals surface area (Å²) in [5, 5.41) is 7.42. The van der Waals surface area contributed by atoms with Gasteiger partial charge in [-0.05, 0) is 12.8 Å². The number of aliphatic carboxylic acids is 1. The van der Waals surface area contributed by atoms with Crippen molar-refractivity contribution in [2.75, 3.05) is 13.2 Å². The van der Waals surface area contributed by atoms with Gasteiger partial charge in [0.25, 0.3) is 5.97 Å². The van der Waals surface area contributed by atoms with E-state index < -0.39 is 5.97 Å². The van der Waals surface area contributed by atoms with Crippen molar-refractivity contribution in [1.29, 1.82) is 0 Å². The molecule has 1 N–H and O–H groups in total. The fourth-order valence-corrected chi connectivity index (χ4v) is 0.595. The average molecular weight is 297 g/mol. The van der Waals surface area contributed by atoms with Crippen molar-refractivity contribution < 1.29 is 35.1 Å². The van der Waals surface area contributed by atoms with E-state index in [0.29, 0.717) is 0 Å². The Balaban J connectivity index is -0.000000209. The molecule has 0 bridgehead atoms. The van der Waals surface area contributed by atoms with Crippen molar-refractivity contribution in [3.05, 3.63) is 0 Å². The van der Waals surface area contributed by atoms with Crippen molar-refractivity contribution in [2.24, 2.45) is 0 Å². The maximum atomic E-state index is 9.00. The zero-order valence-corrected chi connectivity index (χ0v) is 10.9. The smallest absolute Gasteiger partial charge is 0.300 e. The predicted molar refractivity (Wildman–Crippen MR) is 53.9 cm³/mol. The molecule has 3 nitrogen and oxygen atoms in total. The Bertz CT molecular complexity index is 97.5. The van der Waals surface area contributed by atoms with Crippen molar-refractivity contribution in [1.82, 2.24) is 0 Å². The van der Waals surface area contributed by atoms with E-state index in [4.69, 9.17) is 14.6 Å². The summed E-state index contributed by atoms with van der Waals surface area (Å²) < 4.78 is 5.31. The van der Waals surface area contributed by atoms with Crippen LogP contribution in [0.2, 0.25) is 0 Å². The molecule has 4 heteroatoms. The molecule has 0 aliphatic carbocycles. The van der Waals surface area contributed by atoms with E-state index in [0.717, 1.165) is 20.1 Å². The number of ether oxygens (including phenoxy) is 1. The molecule has 0 rings (SSSR count). The van der Waals surface area contributed by atoms with E-state index in [1.165, 1.54) is 25.7 Å². The summed E-state index contributed by atoms with van der Waals surface area (Å²) in [6.07, 6.45) is 4.91. The summed E-state index contributed by atoms with van der Waals surface area (Å²) in [4.78, 5) is 9.00. The minimum atomic E-state index is -0.833. The van der Waals surface area contributed by atoms with Crippen molar-refractivity contribution in [3.63, 3.8) is 0 Å². The molecule has 0 aliphatic heterocycles. The van der Waals surface area contributed by atoms with E-state index in [2.05, 4.69) is 13.8 Å². The van der Waals surface area contributed by atoms with E-state index in [1.807, 2.05) is 0 Å². The van der Waals surface area contributed by atoms with E-state index >= 15 is 0 Å². The van der Waals surface area contributed by atoms with Gasteiger partial charge in [-0.1, -0.05) is 26.7 Å². The van der Waals surface area contributed by atoms with Gasteiger partial charge in [0.1, 0.15) is 0 Å². The van der Waals surface area contributed by atoms with Gasteiger partial charge in [0, 0.05) is 40.6 Å². The maximum absolute atomic E-state index is 9.00. The summed E-state index contributed by atoms with van der Waals surface area (Å²) in [6.45, 7) is 7.36. The second-order valence-electron chi connectivity index (χ2n) is 2.84. The SMILES string of the molecule is CC(=O)O.CCCCOCCCC.[Pd]. The number of hydrogen-bond acceptors (Lipinski definition) is 2. The Morgan fingerprint density at radius 3 is 1.64 bits per heavy atom. The molecule has 0 aromatic heterocycles. The van der Waals surface area contributed by atoms with Crippen LogP contribution < -0.4 is 0 Å². The zero-order valence-electron chi connectivity index (χ0n) is 9.32. The predicted octanol–water partition coefficient (Wildman–Crippen LogP) is 2.69. The minimum absolute atomic E-state index is 0. The fourth-order valence-electron chi connectivity index (χ4n) is 0.595. The molecule has 0 saturated heterocycles. The number of hydrogen-bond donors (Lipinski definition) is 1. The molecule has 0 heterocycles. The van der Waals surface area contributed by atoms with Crippen LogP contribution in [0.1, 0.15) is 46.5 Å². The van der Waals surface area contributed by atoms with Crippen molar-refractivity contribution >= 4 is 5.97 Å². The molecular formula is C10H22O3Pd.